The van der Waals surface area contributed by atoms with Crippen LogP contribution in [0.3, 0.4) is 0 Å². The van der Waals surface area contributed by atoms with Crippen molar-refractivity contribution in [3.05, 3.63) is 102 Å². The maximum Gasteiger partial charge on any atom is 0.162 e. The SMILES string of the molecule is CC(C)(C)Cc1ccc2cc(-c3ccnc(-c4[c-]c5ccccc5c(C(C)(C)C)c4)c3)oc2c1.[2H]/C(C(=O)C(C(C)C)C(C)C)=C(/O)C(C(C)C)C(C)C.[Ir]. The third kappa shape index (κ3) is 11.5. The summed E-state index contributed by atoms with van der Waals surface area (Å²) in [6.07, 6.45) is 2.88. The number of carbonyl (C=O) groups is 1. The zero-order valence-electron chi connectivity index (χ0n) is 36.1. The summed E-state index contributed by atoms with van der Waals surface area (Å²) < 4.78 is 14.4. The first-order valence-corrected chi connectivity index (χ1v) is 19.5. The van der Waals surface area contributed by atoms with Crippen molar-refractivity contribution in [1.29, 1.82) is 0 Å². The van der Waals surface area contributed by atoms with Gasteiger partial charge in [0.05, 0.1) is 7.13 Å². The van der Waals surface area contributed by atoms with Crippen LogP contribution in [0.2, 0.25) is 0 Å². The number of hydrogen-bond donors (Lipinski definition) is 1. The molecule has 3 aromatic carbocycles. The Hall–Kier alpha value is -3.53. The molecule has 0 spiro atoms. The average molecular weight is 908 g/mol. The number of furan rings is 1. The molecule has 0 bridgehead atoms. The molecule has 5 heteroatoms. The van der Waals surface area contributed by atoms with Gasteiger partial charge in [0.15, 0.2) is 5.78 Å². The van der Waals surface area contributed by atoms with Gasteiger partial charge in [0, 0.05) is 60.8 Å². The number of aliphatic hydroxyl groups excluding tert-OH is 1. The molecule has 5 rings (SSSR count). The summed E-state index contributed by atoms with van der Waals surface area (Å²) in [6.45, 7) is 29.6. The van der Waals surface area contributed by atoms with Crippen LogP contribution >= 0.6 is 0 Å². The molecule has 0 saturated heterocycles. The predicted octanol–water partition coefficient (Wildman–Crippen LogP) is 13.9. The van der Waals surface area contributed by atoms with Crippen LogP contribution < -0.4 is 0 Å². The van der Waals surface area contributed by atoms with Crippen LogP contribution in [0.15, 0.2) is 89.2 Å². The number of allylic oxidation sites excluding steroid dienone is 2. The fourth-order valence-electron chi connectivity index (χ4n) is 7.73. The van der Waals surface area contributed by atoms with Crippen LogP contribution in [-0.2, 0) is 36.7 Å². The van der Waals surface area contributed by atoms with Gasteiger partial charge in [-0.25, -0.2) is 0 Å². The average Bonchev–Trinajstić information content (AvgIpc) is 3.49. The molecule has 0 aliphatic rings. The minimum atomic E-state index is -0.223. The van der Waals surface area contributed by atoms with Gasteiger partial charge in [-0.1, -0.05) is 144 Å². The van der Waals surface area contributed by atoms with E-state index in [9.17, 15) is 9.90 Å². The Labute approximate surface area is 341 Å². The maximum atomic E-state index is 12.5. The van der Waals surface area contributed by atoms with Crippen molar-refractivity contribution in [1.82, 2.24) is 4.98 Å². The quantitative estimate of drug-likeness (QED) is 0.0861. The third-order valence-electron chi connectivity index (χ3n) is 9.97. The first-order chi connectivity index (χ1) is 25.1. The normalized spacial score (nSPS) is 13.1. The Morgan fingerprint density at radius 3 is 2.02 bits per heavy atom. The van der Waals surface area contributed by atoms with Crippen molar-refractivity contribution in [3.63, 3.8) is 0 Å². The molecule has 293 valence electrons. The molecule has 1 N–H and O–H groups in total. The Kier molecular flexibility index (Phi) is 14.7. The number of carbonyl (C=O) groups excluding carboxylic acids is 1. The van der Waals surface area contributed by atoms with Gasteiger partial charge in [-0.3, -0.25) is 9.78 Å². The second-order valence-electron chi connectivity index (χ2n) is 18.4. The van der Waals surface area contributed by atoms with Crippen molar-refractivity contribution in [2.45, 2.75) is 109 Å². The van der Waals surface area contributed by atoms with E-state index in [4.69, 9.17) is 10.8 Å². The van der Waals surface area contributed by atoms with Gasteiger partial charge in [0.25, 0.3) is 0 Å². The molecule has 4 nitrogen and oxygen atoms in total. The number of ketones is 1. The molecule has 2 heterocycles. The molecule has 0 aliphatic carbocycles. The molecule has 1 radical (unpaired) electrons. The van der Waals surface area contributed by atoms with Crippen LogP contribution in [0, 0.1) is 47.0 Å². The summed E-state index contributed by atoms with van der Waals surface area (Å²) >= 11 is 0. The minimum absolute atomic E-state index is 0. The summed E-state index contributed by atoms with van der Waals surface area (Å²) in [5.41, 5.74) is 6.74. The summed E-state index contributed by atoms with van der Waals surface area (Å²) in [4.78, 5) is 17.2. The van der Waals surface area contributed by atoms with Gasteiger partial charge < -0.3 is 9.52 Å². The third-order valence-corrected chi connectivity index (χ3v) is 9.97. The van der Waals surface area contributed by atoms with E-state index in [2.05, 4.69) is 108 Å². The van der Waals surface area contributed by atoms with Crippen molar-refractivity contribution in [2.24, 2.45) is 40.9 Å². The largest absolute Gasteiger partial charge is 0.512 e. The summed E-state index contributed by atoms with van der Waals surface area (Å²) in [6, 6.07) is 26.9. The van der Waals surface area contributed by atoms with E-state index in [1.807, 2.05) is 67.7 Å². The zero-order valence-corrected chi connectivity index (χ0v) is 37.5. The smallest absolute Gasteiger partial charge is 0.162 e. The molecule has 0 atom stereocenters. The summed E-state index contributed by atoms with van der Waals surface area (Å²) in [7, 11) is 0. The van der Waals surface area contributed by atoms with E-state index in [1.165, 1.54) is 16.5 Å². The van der Waals surface area contributed by atoms with Crippen molar-refractivity contribution in [2.75, 3.05) is 0 Å². The molecule has 0 unspecified atom stereocenters. The van der Waals surface area contributed by atoms with Gasteiger partial charge in [-0.2, -0.15) is 0 Å². The number of aromatic nitrogens is 1. The number of rotatable bonds is 10. The molecule has 0 aliphatic heterocycles. The zero-order chi connectivity index (χ0) is 40.3. The van der Waals surface area contributed by atoms with Crippen LogP contribution in [-0.4, -0.2) is 15.9 Å². The first kappa shape index (κ1) is 43.2. The van der Waals surface area contributed by atoms with E-state index >= 15 is 0 Å². The fourth-order valence-corrected chi connectivity index (χ4v) is 7.73. The molecule has 0 amide bonds. The Morgan fingerprint density at radius 2 is 1.44 bits per heavy atom. The van der Waals surface area contributed by atoms with Gasteiger partial charge >= 0.3 is 0 Å². The number of aliphatic hydroxyl groups is 1. The molecule has 2 aromatic heterocycles. The second kappa shape index (κ2) is 18.4. The topological polar surface area (TPSA) is 63.3 Å². The van der Waals surface area contributed by atoms with Crippen LogP contribution in [0.25, 0.3) is 44.3 Å². The van der Waals surface area contributed by atoms with Gasteiger partial charge in [-0.15, -0.1) is 29.1 Å². The predicted molar refractivity (Wildman–Crippen MR) is 225 cm³/mol. The first-order valence-electron chi connectivity index (χ1n) is 20.0. The number of nitrogens with zero attached hydrogens (tertiary/aromatic N) is 1. The maximum absolute atomic E-state index is 12.5. The standard InChI is InChI=1S/C32H32NO.C17H32O2.Ir/c1-31(2,3)20-21-11-12-23-19-30(34-29(23)15-21)24-13-14-33-28(18-24)25-16-22-9-7-8-10-26(22)27(17-25)32(4,5)6;1-10(2)16(11(3)4)14(18)9-15(19)17(12(5)6)13(7)8;/h7-15,17-19H,20H2,1-6H3;9-13,16-18H,1-8H3;/q-1;;/b;14-9-;/i;9D;. The molecule has 0 fully saturated rings. The molecule has 0 saturated carbocycles. The van der Waals surface area contributed by atoms with Crippen LogP contribution in [0.5, 0.6) is 0 Å². The number of pyridine rings is 1. The van der Waals surface area contributed by atoms with Gasteiger partial charge in [0.2, 0.25) is 0 Å². The van der Waals surface area contributed by atoms with E-state index in [-0.39, 0.29) is 84.0 Å². The number of hydrogen-bond acceptors (Lipinski definition) is 4. The van der Waals surface area contributed by atoms with E-state index in [0.29, 0.717) is 0 Å². The van der Waals surface area contributed by atoms with Crippen molar-refractivity contribution in [3.8, 4) is 22.6 Å². The van der Waals surface area contributed by atoms with Crippen molar-refractivity contribution >= 4 is 27.5 Å². The second-order valence-corrected chi connectivity index (χ2v) is 18.4. The monoisotopic (exact) mass is 908 g/mol. The van der Waals surface area contributed by atoms with Crippen LogP contribution in [0.1, 0.15) is 109 Å². The molecular formula is C49H64IrNO3-. The van der Waals surface area contributed by atoms with E-state index in [1.54, 1.807) is 0 Å². The molecule has 5 aromatic rings. The Balaban J connectivity index is 0.000000335. The van der Waals surface area contributed by atoms with Gasteiger partial charge in [-0.05, 0) is 64.7 Å². The molecule has 54 heavy (non-hydrogen) atoms. The van der Waals surface area contributed by atoms with Crippen LogP contribution in [0.4, 0.5) is 0 Å². The van der Waals surface area contributed by atoms with Crippen molar-refractivity contribution < 1.29 is 35.8 Å². The Morgan fingerprint density at radius 1 is 0.833 bits per heavy atom. The minimum Gasteiger partial charge on any atom is -0.512 e. The summed E-state index contributed by atoms with van der Waals surface area (Å²) in [5.74, 6) is 1.03. The Bertz CT molecular complexity index is 2080. The van der Waals surface area contributed by atoms with E-state index in [0.717, 1.165) is 45.4 Å². The number of fused-ring (bicyclic) bond motifs is 2. The fraction of sp³-hybridized carbons (Fsp3) is 0.469. The summed E-state index contributed by atoms with van der Waals surface area (Å²) in [5, 5.41) is 13.9. The van der Waals surface area contributed by atoms with E-state index < -0.39 is 0 Å². The molecular weight excluding hydrogens is 843 g/mol. The van der Waals surface area contributed by atoms with Gasteiger partial charge in [0.1, 0.15) is 11.3 Å². The number of benzene rings is 3.